The van der Waals surface area contributed by atoms with Crippen molar-refractivity contribution in [2.45, 2.75) is 37.3 Å². The van der Waals surface area contributed by atoms with Crippen molar-refractivity contribution in [3.05, 3.63) is 64.2 Å². The average molecular weight is 417 g/mol. The van der Waals surface area contributed by atoms with Gasteiger partial charge in [-0.15, -0.1) is 0 Å². The molecule has 0 aliphatic heterocycles. The summed E-state index contributed by atoms with van der Waals surface area (Å²) in [7, 11) is -4.44. The Bertz CT molecular complexity index is 1090. The van der Waals surface area contributed by atoms with Crippen molar-refractivity contribution in [2.75, 3.05) is 0 Å². The number of benzene rings is 2. The van der Waals surface area contributed by atoms with Crippen LogP contribution in [0.4, 0.5) is 22.0 Å². The first kappa shape index (κ1) is 20.5. The van der Waals surface area contributed by atoms with Crippen LogP contribution in [0.3, 0.4) is 0 Å². The van der Waals surface area contributed by atoms with E-state index >= 15 is 0 Å². The number of hydrogen-bond donors (Lipinski definition) is 1. The first-order chi connectivity index (χ1) is 12.9. The molecule has 28 heavy (non-hydrogen) atoms. The van der Waals surface area contributed by atoms with E-state index in [-0.39, 0.29) is 16.7 Å². The average Bonchev–Trinajstić information content (AvgIpc) is 3.04. The van der Waals surface area contributed by atoms with E-state index in [1.54, 1.807) is 0 Å². The van der Waals surface area contributed by atoms with E-state index in [9.17, 15) is 30.4 Å². The molecule has 2 aromatic carbocycles. The quantitative estimate of drug-likeness (QED) is 0.712. The lowest BCUT2D eigenvalue weighted by Crippen LogP contribution is -2.15. The molecule has 0 radical (unpaired) electrons. The molecule has 9 heteroatoms. The Kier molecular flexibility index (Phi) is 5.09. The van der Waals surface area contributed by atoms with Gasteiger partial charge in [-0.1, -0.05) is 12.1 Å². The number of halogens is 5. The van der Waals surface area contributed by atoms with Crippen molar-refractivity contribution in [1.82, 2.24) is 0 Å². The lowest BCUT2D eigenvalue weighted by molar-refractivity contribution is -0.138. The van der Waals surface area contributed by atoms with Gasteiger partial charge in [0, 0.05) is 5.56 Å². The molecule has 0 heterocycles. The summed E-state index contributed by atoms with van der Waals surface area (Å²) in [6.07, 6.45) is -3.25. The van der Waals surface area contributed by atoms with Crippen LogP contribution >= 0.6 is 0 Å². The highest BCUT2D eigenvalue weighted by molar-refractivity contribution is 7.89. The number of primary sulfonamides is 1. The van der Waals surface area contributed by atoms with Gasteiger partial charge in [-0.3, -0.25) is 0 Å². The molecule has 0 fully saturated rings. The highest BCUT2D eigenvalue weighted by atomic mass is 32.2. The molecule has 2 N–H and O–H groups in total. The van der Waals surface area contributed by atoms with E-state index in [0.717, 1.165) is 12.1 Å². The molecule has 3 nitrogen and oxygen atoms in total. The van der Waals surface area contributed by atoms with Gasteiger partial charge < -0.3 is 0 Å². The normalized spacial score (nSPS) is 15.4. The largest absolute Gasteiger partial charge is 0.416 e. The summed E-state index contributed by atoms with van der Waals surface area (Å²) in [6.45, 7) is 1.34. The number of rotatable bonds is 3. The van der Waals surface area contributed by atoms with Crippen LogP contribution in [0, 0.1) is 18.6 Å². The second-order valence-electron chi connectivity index (χ2n) is 6.65. The van der Waals surface area contributed by atoms with E-state index in [2.05, 4.69) is 0 Å². The maximum absolute atomic E-state index is 14.5. The zero-order chi connectivity index (χ0) is 20.9. The van der Waals surface area contributed by atoms with Crippen molar-refractivity contribution in [1.29, 1.82) is 0 Å². The fourth-order valence-electron chi connectivity index (χ4n) is 3.45. The van der Waals surface area contributed by atoms with Crippen LogP contribution in [-0.4, -0.2) is 8.42 Å². The first-order valence-electron chi connectivity index (χ1n) is 8.32. The van der Waals surface area contributed by atoms with E-state index < -0.39 is 38.3 Å². The Balaban J connectivity index is 2.18. The van der Waals surface area contributed by atoms with Gasteiger partial charge in [-0.05, 0) is 66.7 Å². The number of sulfonamides is 1. The van der Waals surface area contributed by atoms with E-state index in [1.807, 2.05) is 0 Å². The number of aryl methyl sites for hydroxylation is 1. The van der Waals surface area contributed by atoms with Crippen molar-refractivity contribution in [3.63, 3.8) is 0 Å². The molecule has 0 bridgehead atoms. The molecule has 0 atom stereocenters. The van der Waals surface area contributed by atoms with Gasteiger partial charge >= 0.3 is 6.18 Å². The highest BCUT2D eigenvalue weighted by Gasteiger charge is 2.33. The molecular weight excluding hydrogens is 401 g/mol. The minimum absolute atomic E-state index is 0.0612. The second-order valence-corrected chi connectivity index (χ2v) is 8.18. The van der Waals surface area contributed by atoms with Crippen LogP contribution in [0.2, 0.25) is 0 Å². The number of alkyl halides is 3. The third-order valence-corrected chi connectivity index (χ3v) is 5.69. The standard InChI is InChI=1S/C19H16F5NO2S/c1-10-5-6-11(7-15(10)19(22,23)24)12-3-2-4-13(12)14-8-17(21)18(9-16(14)20)28(25,26)27/h5-9H,2-4H2,1H3,(H2,25,26,27). The molecule has 0 saturated carbocycles. The predicted octanol–water partition coefficient (Wildman–Crippen LogP) is 5.03. The van der Waals surface area contributed by atoms with Gasteiger partial charge in [-0.2, -0.15) is 13.2 Å². The van der Waals surface area contributed by atoms with Crippen molar-refractivity contribution in [2.24, 2.45) is 5.14 Å². The molecule has 1 aliphatic carbocycles. The Labute approximate surface area is 158 Å². The Morgan fingerprint density at radius 3 is 2.21 bits per heavy atom. The smallest absolute Gasteiger partial charge is 0.225 e. The predicted molar refractivity (Wildman–Crippen MR) is 94.6 cm³/mol. The monoisotopic (exact) mass is 417 g/mol. The van der Waals surface area contributed by atoms with Gasteiger partial charge in [0.25, 0.3) is 0 Å². The van der Waals surface area contributed by atoms with Crippen LogP contribution < -0.4 is 5.14 Å². The lowest BCUT2D eigenvalue weighted by atomic mass is 9.94. The van der Waals surface area contributed by atoms with Crippen LogP contribution in [0.15, 0.2) is 35.2 Å². The summed E-state index contributed by atoms with van der Waals surface area (Å²) in [4.78, 5) is -0.969. The second kappa shape index (κ2) is 6.97. The minimum Gasteiger partial charge on any atom is -0.225 e. The van der Waals surface area contributed by atoms with E-state index in [0.29, 0.717) is 36.5 Å². The number of allylic oxidation sites excluding steroid dienone is 2. The van der Waals surface area contributed by atoms with Crippen molar-refractivity contribution < 1.29 is 30.4 Å². The van der Waals surface area contributed by atoms with Crippen molar-refractivity contribution >= 4 is 21.2 Å². The van der Waals surface area contributed by atoms with Crippen LogP contribution in [0.1, 0.15) is 41.5 Å². The Hall–Kier alpha value is -2.26. The summed E-state index contributed by atoms with van der Waals surface area (Å²) in [5.41, 5.74) is 0.208. The minimum atomic E-state index is -4.53. The molecule has 2 aromatic rings. The first-order valence-corrected chi connectivity index (χ1v) is 9.86. The zero-order valence-electron chi connectivity index (χ0n) is 14.7. The fourth-order valence-corrected chi connectivity index (χ4v) is 4.05. The Morgan fingerprint density at radius 2 is 1.61 bits per heavy atom. The van der Waals surface area contributed by atoms with Gasteiger partial charge in [-0.25, -0.2) is 22.3 Å². The fraction of sp³-hybridized carbons (Fsp3) is 0.263. The van der Waals surface area contributed by atoms with Gasteiger partial charge in [0.15, 0.2) is 0 Å². The molecule has 0 saturated heterocycles. The van der Waals surface area contributed by atoms with Crippen LogP contribution in [0.5, 0.6) is 0 Å². The molecule has 0 spiro atoms. The molecule has 3 rings (SSSR count). The molecule has 0 aromatic heterocycles. The lowest BCUT2D eigenvalue weighted by Gasteiger charge is -2.15. The highest BCUT2D eigenvalue weighted by Crippen LogP contribution is 2.43. The topological polar surface area (TPSA) is 60.2 Å². The number of hydrogen-bond acceptors (Lipinski definition) is 2. The summed E-state index contributed by atoms with van der Waals surface area (Å²) in [5, 5.41) is 4.87. The summed E-state index contributed by atoms with van der Waals surface area (Å²) in [5.74, 6) is -2.21. The van der Waals surface area contributed by atoms with Gasteiger partial charge in [0.05, 0.1) is 5.56 Å². The summed E-state index contributed by atoms with van der Waals surface area (Å²) in [6, 6.07) is 5.08. The van der Waals surface area contributed by atoms with Crippen LogP contribution in [0.25, 0.3) is 11.1 Å². The maximum Gasteiger partial charge on any atom is 0.416 e. The molecule has 0 amide bonds. The zero-order valence-corrected chi connectivity index (χ0v) is 15.5. The third kappa shape index (κ3) is 3.81. The van der Waals surface area contributed by atoms with E-state index in [4.69, 9.17) is 5.14 Å². The van der Waals surface area contributed by atoms with Gasteiger partial charge in [0.2, 0.25) is 10.0 Å². The SMILES string of the molecule is Cc1ccc(C2=C(c3cc(F)c(S(N)(=O)=O)cc3F)CCC2)cc1C(F)(F)F. The molecular formula is C19H16F5NO2S. The molecule has 0 unspecified atom stereocenters. The third-order valence-electron chi connectivity index (χ3n) is 4.76. The molecule has 150 valence electrons. The maximum atomic E-state index is 14.5. The van der Waals surface area contributed by atoms with E-state index in [1.165, 1.54) is 19.1 Å². The van der Waals surface area contributed by atoms with Crippen molar-refractivity contribution in [3.8, 4) is 0 Å². The van der Waals surface area contributed by atoms with Crippen LogP contribution in [-0.2, 0) is 16.2 Å². The summed E-state index contributed by atoms with van der Waals surface area (Å²) >= 11 is 0. The molecule has 1 aliphatic rings. The Morgan fingerprint density at radius 1 is 0.964 bits per heavy atom. The summed E-state index contributed by atoms with van der Waals surface area (Å²) < 4.78 is 91.0. The van der Waals surface area contributed by atoms with Gasteiger partial charge in [0.1, 0.15) is 16.5 Å². The number of nitrogens with two attached hydrogens (primary N) is 1.